The highest BCUT2D eigenvalue weighted by Crippen LogP contribution is 2.32. The van der Waals surface area contributed by atoms with Crippen LogP contribution in [0.15, 0.2) is 18.2 Å². The first-order chi connectivity index (χ1) is 8.56. The van der Waals surface area contributed by atoms with E-state index >= 15 is 0 Å². The van der Waals surface area contributed by atoms with E-state index in [-0.39, 0.29) is 11.8 Å². The molecule has 1 aliphatic rings. The topological polar surface area (TPSA) is 38.3 Å². The molecule has 1 aromatic carbocycles. The predicted molar refractivity (Wildman–Crippen MR) is 73.1 cm³/mol. The van der Waals surface area contributed by atoms with E-state index in [1.165, 1.54) is 0 Å². The van der Waals surface area contributed by atoms with Gasteiger partial charge in [-0.25, -0.2) is 0 Å². The first-order valence-electron chi connectivity index (χ1n) is 6.29. The Balaban J connectivity index is 1.97. The number of amides is 1. The van der Waals surface area contributed by atoms with E-state index in [0.29, 0.717) is 23.3 Å². The average Bonchev–Trinajstić information content (AvgIpc) is 3.11. The second-order valence-electron chi connectivity index (χ2n) is 5.11. The molecule has 0 heterocycles. The zero-order valence-corrected chi connectivity index (χ0v) is 11.5. The molecule has 1 saturated carbocycles. The molecule has 0 unspecified atom stereocenters. The van der Waals surface area contributed by atoms with Crippen LogP contribution in [-0.2, 0) is 4.79 Å². The smallest absolute Gasteiger partial charge is 0.227 e. The number of carbonyl (C=O) groups is 1. The predicted octanol–water partition coefficient (Wildman–Crippen LogP) is 3.72. The van der Waals surface area contributed by atoms with Crippen molar-refractivity contribution in [2.45, 2.75) is 26.7 Å². The highest BCUT2D eigenvalue weighted by atomic mass is 35.5. The molecule has 2 rings (SSSR count). The van der Waals surface area contributed by atoms with Crippen molar-refractivity contribution in [1.82, 2.24) is 0 Å². The molecule has 3 nitrogen and oxygen atoms in total. The number of rotatable bonds is 5. The third-order valence-electron chi connectivity index (χ3n) is 2.72. The molecule has 0 atom stereocenters. The van der Waals surface area contributed by atoms with Crippen molar-refractivity contribution in [3.8, 4) is 5.75 Å². The lowest BCUT2D eigenvalue weighted by atomic mass is 10.2. The Kier molecular flexibility index (Phi) is 4.12. The Hall–Kier alpha value is -1.22. The van der Waals surface area contributed by atoms with Gasteiger partial charge in [-0.2, -0.15) is 0 Å². The lowest BCUT2D eigenvalue weighted by Gasteiger charge is -2.11. The molecule has 1 amide bonds. The zero-order chi connectivity index (χ0) is 13.1. The van der Waals surface area contributed by atoms with Gasteiger partial charge >= 0.3 is 0 Å². The van der Waals surface area contributed by atoms with E-state index in [9.17, 15) is 4.79 Å². The molecule has 0 bridgehead atoms. The minimum absolute atomic E-state index is 0.0851. The normalized spacial score (nSPS) is 14.7. The van der Waals surface area contributed by atoms with Gasteiger partial charge < -0.3 is 10.1 Å². The largest absolute Gasteiger partial charge is 0.492 e. The molecule has 0 radical (unpaired) electrons. The summed E-state index contributed by atoms with van der Waals surface area (Å²) < 4.78 is 5.57. The van der Waals surface area contributed by atoms with E-state index in [1.807, 2.05) is 6.07 Å². The SMILES string of the molecule is CC(C)COc1ccc(NC(=O)C2CC2)cc1Cl. The molecule has 4 heteroatoms. The van der Waals surface area contributed by atoms with Gasteiger partial charge in [0.25, 0.3) is 0 Å². The fraction of sp³-hybridized carbons (Fsp3) is 0.500. The Labute approximate surface area is 112 Å². The molecule has 1 fully saturated rings. The van der Waals surface area contributed by atoms with Gasteiger partial charge in [-0.1, -0.05) is 25.4 Å². The maximum atomic E-state index is 11.6. The van der Waals surface area contributed by atoms with Crippen LogP contribution in [0.3, 0.4) is 0 Å². The van der Waals surface area contributed by atoms with Crippen LogP contribution in [-0.4, -0.2) is 12.5 Å². The molecule has 1 aliphatic carbocycles. The summed E-state index contributed by atoms with van der Waals surface area (Å²) in [5, 5.41) is 3.39. The van der Waals surface area contributed by atoms with Crippen LogP contribution in [0.1, 0.15) is 26.7 Å². The third kappa shape index (κ3) is 3.64. The van der Waals surface area contributed by atoms with Crippen LogP contribution < -0.4 is 10.1 Å². The van der Waals surface area contributed by atoms with E-state index in [4.69, 9.17) is 16.3 Å². The van der Waals surface area contributed by atoms with Crippen LogP contribution in [0.25, 0.3) is 0 Å². The summed E-state index contributed by atoms with van der Waals surface area (Å²) in [7, 11) is 0. The summed E-state index contributed by atoms with van der Waals surface area (Å²) >= 11 is 6.12. The monoisotopic (exact) mass is 267 g/mol. The summed E-state index contributed by atoms with van der Waals surface area (Å²) in [5.74, 6) is 1.40. The molecule has 18 heavy (non-hydrogen) atoms. The van der Waals surface area contributed by atoms with Crippen LogP contribution in [0, 0.1) is 11.8 Å². The van der Waals surface area contributed by atoms with Gasteiger partial charge in [-0.15, -0.1) is 0 Å². The number of benzene rings is 1. The molecular formula is C14H18ClNO2. The fourth-order valence-electron chi connectivity index (χ4n) is 1.54. The molecule has 0 saturated heterocycles. The molecular weight excluding hydrogens is 250 g/mol. The molecule has 1 aromatic rings. The maximum Gasteiger partial charge on any atom is 0.227 e. The van der Waals surface area contributed by atoms with Crippen LogP contribution in [0.2, 0.25) is 5.02 Å². The lowest BCUT2D eigenvalue weighted by Crippen LogP contribution is -2.13. The molecule has 0 spiro atoms. The van der Waals surface area contributed by atoms with Crippen molar-refractivity contribution in [3.63, 3.8) is 0 Å². The van der Waals surface area contributed by atoms with Gasteiger partial charge in [0.05, 0.1) is 11.6 Å². The number of halogens is 1. The summed E-state index contributed by atoms with van der Waals surface area (Å²) in [6, 6.07) is 5.35. The van der Waals surface area contributed by atoms with Gasteiger partial charge in [0.15, 0.2) is 0 Å². The van der Waals surface area contributed by atoms with Crippen molar-refractivity contribution in [1.29, 1.82) is 0 Å². The minimum atomic E-state index is 0.0851. The van der Waals surface area contributed by atoms with Crippen LogP contribution in [0.4, 0.5) is 5.69 Å². The number of hydrogen-bond acceptors (Lipinski definition) is 2. The van der Waals surface area contributed by atoms with E-state index in [1.54, 1.807) is 12.1 Å². The standard InChI is InChI=1S/C14H18ClNO2/c1-9(2)8-18-13-6-5-11(7-12(13)15)16-14(17)10-3-4-10/h5-7,9-10H,3-4,8H2,1-2H3,(H,16,17). The molecule has 1 N–H and O–H groups in total. The Morgan fingerprint density at radius 3 is 2.78 bits per heavy atom. The molecule has 98 valence electrons. The van der Waals surface area contributed by atoms with Crippen molar-refractivity contribution >= 4 is 23.2 Å². The second-order valence-corrected chi connectivity index (χ2v) is 5.52. The fourth-order valence-corrected chi connectivity index (χ4v) is 1.78. The number of nitrogens with one attached hydrogen (secondary N) is 1. The summed E-state index contributed by atoms with van der Waals surface area (Å²) in [6.45, 7) is 4.80. The number of carbonyl (C=O) groups excluding carboxylic acids is 1. The van der Waals surface area contributed by atoms with E-state index in [2.05, 4.69) is 19.2 Å². The Morgan fingerprint density at radius 2 is 2.22 bits per heavy atom. The average molecular weight is 268 g/mol. The molecule has 0 aromatic heterocycles. The van der Waals surface area contributed by atoms with Gasteiger partial charge in [0.2, 0.25) is 5.91 Å². The van der Waals surface area contributed by atoms with Gasteiger partial charge in [-0.3, -0.25) is 4.79 Å². The number of ether oxygens (including phenoxy) is 1. The van der Waals surface area contributed by atoms with Gasteiger partial charge in [0.1, 0.15) is 5.75 Å². The summed E-state index contributed by atoms with van der Waals surface area (Å²) in [4.78, 5) is 11.6. The Morgan fingerprint density at radius 1 is 1.50 bits per heavy atom. The summed E-state index contributed by atoms with van der Waals surface area (Å²) in [5.41, 5.74) is 0.730. The van der Waals surface area contributed by atoms with Gasteiger partial charge in [0, 0.05) is 11.6 Å². The maximum absolute atomic E-state index is 11.6. The lowest BCUT2D eigenvalue weighted by molar-refractivity contribution is -0.117. The minimum Gasteiger partial charge on any atom is -0.492 e. The third-order valence-corrected chi connectivity index (χ3v) is 3.02. The highest BCUT2D eigenvalue weighted by molar-refractivity contribution is 6.32. The van der Waals surface area contributed by atoms with E-state index < -0.39 is 0 Å². The zero-order valence-electron chi connectivity index (χ0n) is 10.7. The highest BCUT2D eigenvalue weighted by Gasteiger charge is 2.29. The molecule has 0 aliphatic heterocycles. The van der Waals surface area contributed by atoms with Gasteiger partial charge in [-0.05, 0) is 37.0 Å². The summed E-state index contributed by atoms with van der Waals surface area (Å²) in [6.07, 6.45) is 1.99. The van der Waals surface area contributed by atoms with E-state index in [0.717, 1.165) is 18.5 Å². The second kappa shape index (κ2) is 5.61. The van der Waals surface area contributed by atoms with Crippen LogP contribution >= 0.6 is 11.6 Å². The van der Waals surface area contributed by atoms with Crippen molar-refractivity contribution in [2.24, 2.45) is 11.8 Å². The van der Waals surface area contributed by atoms with Crippen molar-refractivity contribution in [3.05, 3.63) is 23.2 Å². The van der Waals surface area contributed by atoms with Crippen LogP contribution in [0.5, 0.6) is 5.75 Å². The first-order valence-corrected chi connectivity index (χ1v) is 6.67. The van der Waals surface area contributed by atoms with Crippen molar-refractivity contribution in [2.75, 3.05) is 11.9 Å². The first kappa shape index (κ1) is 13.2. The van der Waals surface area contributed by atoms with Crippen molar-refractivity contribution < 1.29 is 9.53 Å². The number of hydrogen-bond donors (Lipinski definition) is 1. The number of anilines is 1. The quantitative estimate of drug-likeness (QED) is 0.883. The Bertz CT molecular complexity index is 441.